The molecule has 0 bridgehead atoms. The lowest BCUT2D eigenvalue weighted by Gasteiger charge is -2.06. The first-order chi connectivity index (χ1) is 9.58. The summed E-state index contributed by atoms with van der Waals surface area (Å²) >= 11 is 12.3. The third-order valence-electron chi connectivity index (χ3n) is 3.02. The molecule has 0 saturated heterocycles. The minimum atomic E-state index is -0.931. The highest BCUT2D eigenvalue weighted by molar-refractivity contribution is 6.39. The van der Waals surface area contributed by atoms with Gasteiger partial charge < -0.3 is 15.0 Å². The number of halogens is 2. The smallest absolute Gasteiger partial charge is 0.404 e. The van der Waals surface area contributed by atoms with Crippen LogP contribution in [0.2, 0.25) is 10.0 Å². The Labute approximate surface area is 124 Å². The van der Waals surface area contributed by atoms with Gasteiger partial charge in [0.15, 0.2) is 11.5 Å². The normalized spacial score (nSPS) is 14.3. The van der Waals surface area contributed by atoms with E-state index in [2.05, 4.69) is 5.16 Å². The predicted octanol–water partition coefficient (Wildman–Crippen LogP) is 3.98. The fourth-order valence-corrected chi connectivity index (χ4v) is 2.56. The number of carbonyl (C=O) groups excluding carboxylic acids is 1. The number of nitrogens with zero attached hydrogens (tertiary/aromatic N) is 1. The van der Waals surface area contributed by atoms with Crippen LogP contribution in [0.3, 0.4) is 0 Å². The molecule has 1 aliphatic rings. The minimum Gasteiger partial charge on any atom is -0.404 e. The summed E-state index contributed by atoms with van der Waals surface area (Å²) in [5.74, 6) is 0.914. The van der Waals surface area contributed by atoms with Crippen molar-refractivity contribution >= 4 is 29.3 Å². The van der Waals surface area contributed by atoms with Gasteiger partial charge in [0.05, 0.1) is 10.0 Å². The van der Waals surface area contributed by atoms with E-state index in [1.54, 1.807) is 18.2 Å². The van der Waals surface area contributed by atoms with E-state index in [9.17, 15) is 4.79 Å². The molecule has 1 amide bonds. The maximum absolute atomic E-state index is 11.1. The fraction of sp³-hybridized carbons (Fsp3) is 0.231. The Bertz CT molecular complexity index is 660. The zero-order chi connectivity index (χ0) is 14.3. The van der Waals surface area contributed by atoms with Crippen LogP contribution in [0.25, 0.3) is 11.3 Å². The van der Waals surface area contributed by atoms with E-state index in [1.807, 2.05) is 0 Å². The average molecular weight is 313 g/mol. The van der Waals surface area contributed by atoms with Gasteiger partial charge in [0.2, 0.25) is 5.75 Å². The molecule has 1 fully saturated rings. The molecule has 0 atom stereocenters. The topological polar surface area (TPSA) is 78.4 Å². The van der Waals surface area contributed by atoms with Gasteiger partial charge in [-0.2, -0.15) is 0 Å². The van der Waals surface area contributed by atoms with Gasteiger partial charge in [0.25, 0.3) is 0 Å². The van der Waals surface area contributed by atoms with Crippen LogP contribution in [0.5, 0.6) is 5.75 Å². The summed E-state index contributed by atoms with van der Waals surface area (Å²) in [6.45, 7) is 0. The summed E-state index contributed by atoms with van der Waals surface area (Å²) in [5.41, 5.74) is 5.85. The van der Waals surface area contributed by atoms with Crippen molar-refractivity contribution in [1.82, 2.24) is 5.16 Å². The number of amides is 1. The summed E-state index contributed by atoms with van der Waals surface area (Å²) < 4.78 is 10.3. The second-order valence-electron chi connectivity index (χ2n) is 4.52. The van der Waals surface area contributed by atoms with Gasteiger partial charge in [-0.1, -0.05) is 34.4 Å². The number of rotatable bonds is 3. The van der Waals surface area contributed by atoms with E-state index in [1.165, 1.54) is 0 Å². The molecule has 2 N–H and O–H groups in total. The second kappa shape index (κ2) is 5.00. The van der Waals surface area contributed by atoms with Crippen LogP contribution < -0.4 is 10.5 Å². The van der Waals surface area contributed by atoms with E-state index < -0.39 is 6.09 Å². The Hall–Kier alpha value is -1.72. The Kier molecular flexibility index (Phi) is 3.31. The molecule has 1 heterocycles. The molecular weight excluding hydrogens is 303 g/mol. The average Bonchev–Trinajstić information content (AvgIpc) is 3.13. The van der Waals surface area contributed by atoms with Crippen LogP contribution in [0.1, 0.15) is 24.5 Å². The molecule has 0 radical (unpaired) electrons. The summed E-state index contributed by atoms with van der Waals surface area (Å²) in [4.78, 5) is 11.1. The molecule has 1 aliphatic carbocycles. The number of benzene rings is 1. The second-order valence-corrected chi connectivity index (χ2v) is 5.33. The van der Waals surface area contributed by atoms with Crippen molar-refractivity contribution in [2.24, 2.45) is 5.73 Å². The molecule has 0 spiro atoms. The van der Waals surface area contributed by atoms with Crippen molar-refractivity contribution in [1.29, 1.82) is 0 Å². The summed E-state index contributed by atoms with van der Waals surface area (Å²) in [7, 11) is 0. The van der Waals surface area contributed by atoms with Crippen molar-refractivity contribution < 1.29 is 14.1 Å². The van der Waals surface area contributed by atoms with Gasteiger partial charge in [-0.05, 0) is 25.0 Å². The Balaban J connectivity index is 2.15. The highest BCUT2D eigenvalue weighted by Gasteiger charge is 2.35. The molecule has 2 aromatic rings. The van der Waals surface area contributed by atoms with Gasteiger partial charge in [-0.15, -0.1) is 0 Å². The number of ether oxygens (including phenoxy) is 1. The lowest BCUT2D eigenvalue weighted by atomic mass is 10.1. The first-order valence-electron chi connectivity index (χ1n) is 5.99. The number of hydrogen-bond acceptors (Lipinski definition) is 4. The van der Waals surface area contributed by atoms with Crippen molar-refractivity contribution in [3.63, 3.8) is 0 Å². The summed E-state index contributed by atoms with van der Waals surface area (Å²) in [6, 6.07) is 5.05. The third kappa shape index (κ3) is 2.34. The number of aromatic nitrogens is 1. The number of hydrogen-bond donors (Lipinski definition) is 1. The zero-order valence-corrected chi connectivity index (χ0v) is 11.7. The Morgan fingerprint density at radius 2 is 2.00 bits per heavy atom. The first kappa shape index (κ1) is 13.3. The van der Waals surface area contributed by atoms with Crippen molar-refractivity contribution in [3.8, 4) is 17.0 Å². The third-order valence-corrected chi connectivity index (χ3v) is 3.65. The quantitative estimate of drug-likeness (QED) is 0.929. The molecule has 5 nitrogen and oxygen atoms in total. The highest BCUT2D eigenvalue weighted by Crippen LogP contribution is 2.49. The van der Waals surface area contributed by atoms with Crippen LogP contribution in [0, 0.1) is 0 Å². The fourth-order valence-electron chi connectivity index (χ4n) is 1.98. The maximum atomic E-state index is 11.1. The van der Waals surface area contributed by atoms with Crippen LogP contribution >= 0.6 is 23.2 Å². The van der Waals surface area contributed by atoms with E-state index in [-0.39, 0.29) is 11.7 Å². The molecule has 0 unspecified atom stereocenters. The van der Waals surface area contributed by atoms with Crippen LogP contribution in [0.4, 0.5) is 4.79 Å². The zero-order valence-electron chi connectivity index (χ0n) is 10.2. The molecule has 1 aromatic carbocycles. The summed E-state index contributed by atoms with van der Waals surface area (Å²) in [6.07, 6.45) is 0.986. The van der Waals surface area contributed by atoms with Gasteiger partial charge in [0.1, 0.15) is 0 Å². The SMILES string of the molecule is NC(=O)Oc1c(-c2c(Cl)cccc2Cl)noc1C1CC1. The molecule has 1 saturated carbocycles. The first-order valence-corrected chi connectivity index (χ1v) is 6.74. The van der Waals surface area contributed by atoms with Crippen LogP contribution in [-0.4, -0.2) is 11.2 Å². The molecule has 0 aliphatic heterocycles. The van der Waals surface area contributed by atoms with E-state index in [0.29, 0.717) is 27.1 Å². The van der Waals surface area contributed by atoms with Crippen molar-refractivity contribution in [3.05, 3.63) is 34.0 Å². The van der Waals surface area contributed by atoms with Crippen LogP contribution in [0.15, 0.2) is 22.7 Å². The van der Waals surface area contributed by atoms with Gasteiger partial charge in [-0.25, -0.2) is 4.79 Å². The number of primary amides is 1. The standard InChI is InChI=1S/C13H10Cl2N2O3/c14-7-2-1-3-8(15)9(7)10-12(19-13(16)18)11(20-17-10)6-4-5-6/h1-3,6H,4-5H2,(H2,16,18). The molecule has 20 heavy (non-hydrogen) atoms. The monoisotopic (exact) mass is 312 g/mol. The van der Waals surface area contributed by atoms with Gasteiger partial charge >= 0.3 is 6.09 Å². The molecular formula is C13H10Cl2N2O3. The van der Waals surface area contributed by atoms with E-state index >= 15 is 0 Å². The Morgan fingerprint density at radius 3 is 2.55 bits per heavy atom. The lowest BCUT2D eigenvalue weighted by Crippen LogP contribution is -2.17. The molecule has 104 valence electrons. The predicted molar refractivity (Wildman–Crippen MR) is 74.1 cm³/mol. The lowest BCUT2D eigenvalue weighted by molar-refractivity contribution is 0.209. The molecule has 7 heteroatoms. The molecule has 3 rings (SSSR count). The highest BCUT2D eigenvalue weighted by atomic mass is 35.5. The van der Waals surface area contributed by atoms with Gasteiger partial charge in [-0.3, -0.25) is 0 Å². The van der Waals surface area contributed by atoms with E-state index in [0.717, 1.165) is 12.8 Å². The molecule has 1 aromatic heterocycles. The van der Waals surface area contributed by atoms with Crippen molar-refractivity contribution in [2.45, 2.75) is 18.8 Å². The Morgan fingerprint density at radius 1 is 1.35 bits per heavy atom. The summed E-state index contributed by atoms with van der Waals surface area (Å²) in [5, 5.41) is 4.73. The van der Waals surface area contributed by atoms with Crippen molar-refractivity contribution in [2.75, 3.05) is 0 Å². The largest absolute Gasteiger partial charge is 0.410 e. The maximum Gasteiger partial charge on any atom is 0.410 e. The number of nitrogens with two attached hydrogens (primary N) is 1. The van der Waals surface area contributed by atoms with Crippen LogP contribution in [-0.2, 0) is 0 Å². The van der Waals surface area contributed by atoms with Gasteiger partial charge in [0, 0.05) is 11.5 Å². The van der Waals surface area contributed by atoms with E-state index in [4.69, 9.17) is 38.2 Å². The minimum absolute atomic E-state index is 0.201. The number of carbonyl (C=O) groups is 1.